The number of fused-ring (bicyclic) bond motifs is 1. The number of carbonyl (C=O) groups is 4. The number of nitrogens with one attached hydrogen (secondary N) is 2. The van der Waals surface area contributed by atoms with Crippen molar-refractivity contribution >= 4 is 29.3 Å². The first-order chi connectivity index (χ1) is 25.6. The number of aromatic nitrogens is 5. The summed E-state index contributed by atoms with van der Waals surface area (Å²) in [7, 11) is 0. The van der Waals surface area contributed by atoms with E-state index in [0.29, 0.717) is 11.6 Å². The van der Waals surface area contributed by atoms with Crippen LogP contribution in [0.3, 0.4) is 0 Å². The molecule has 4 heterocycles. The Balaban J connectivity index is 0.823. The molecule has 14 heteroatoms. The Hall–Kier alpha value is -6.44. The fourth-order valence-electron chi connectivity index (χ4n) is 6.90. The van der Waals surface area contributed by atoms with Crippen LogP contribution in [0.5, 0.6) is 11.5 Å². The van der Waals surface area contributed by atoms with Crippen LogP contribution in [-0.4, -0.2) is 71.7 Å². The van der Waals surface area contributed by atoms with Crippen LogP contribution < -0.4 is 20.1 Å². The quantitative estimate of drug-likeness (QED) is 0.186. The number of nitrogens with zero attached hydrogens (tertiary/aromatic N) is 6. The molecular formula is C39H36N8O6. The zero-order valence-corrected chi connectivity index (χ0v) is 29.1. The maximum Gasteiger partial charge on any atom is 0.262 e. The Morgan fingerprint density at radius 3 is 2.28 bits per heavy atom. The van der Waals surface area contributed by atoms with E-state index in [-0.39, 0.29) is 48.1 Å². The van der Waals surface area contributed by atoms with Crippen molar-refractivity contribution < 1.29 is 28.7 Å². The average molecular weight is 713 g/mol. The monoisotopic (exact) mass is 712 g/mol. The van der Waals surface area contributed by atoms with Crippen LogP contribution in [0.4, 0.5) is 5.69 Å². The van der Waals surface area contributed by atoms with Gasteiger partial charge in [-0.25, -0.2) is 9.97 Å². The van der Waals surface area contributed by atoms with Crippen LogP contribution in [0.25, 0.3) is 5.95 Å². The van der Waals surface area contributed by atoms with Crippen LogP contribution in [0.1, 0.15) is 77.1 Å². The number of anilines is 1. The molecule has 0 spiro atoms. The molecule has 3 aliphatic rings. The summed E-state index contributed by atoms with van der Waals surface area (Å²) in [6.45, 7) is 4.65. The summed E-state index contributed by atoms with van der Waals surface area (Å²) in [5.41, 5.74) is 3.98. The number of hydrogen-bond donors (Lipinski definition) is 2. The van der Waals surface area contributed by atoms with Gasteiger partial charge in [-0.3, -0.25) is 29.4 Å². The molecule has 1 aliphatic carbocycles. The van der Waals surface area contributed by atoms with Gasteiger partial charge in [-0.15, -0.1) is 5.10 Å². The first-order valence-electron chi connectivity index (χ1n) is 17.4. The Bertz CT molecular complexity index is 2200. The van der Waals surface area contributed by atoms with E-state index >= 15 is 0 Å². The lowest BCUT2D eigenvalue weighted by Crippen LogP contribution is -2.54. The molecule has 53 heavy (non-hydrogen) atoms. The van der Waals surface area contributed by atoms with Crippen molar-refractivity contribution in [1.82, 2.24) is 35.2 Å². The summed E-state index contributed by atoms with van der Waals surface area (Å²) in [4.78, 5) is 59.8. The molecule has 14 nitrogen and oxygen atoms in total. The summed E-state index contributed by atoms with van der Waals surface area (Å²) < 4.78 is 13.8. The number of imide groups is 2. The summed E-state index contributed by atoms with van der Waals surface area (Å²) in [5.74, 6) is -0.107. The molecule has 2 aromatic heterocycles. The summed E-state index contributed by atoms with van der Waals surface area (Å²) >= 11 is 0. The number of benzene rings is 3. The van der Waals surface area contributed by atoms with E-state index in [4.69, 9.17) is 9.47 Å². The Labute approximate surface area is 304 Å². The van der Waals surface area contributed by atoms with Crippen molar-refractivity contribution in [3.8, 4) is 17.4 Å². The highest BCUT2D eigenvalue weighted by atomic mass is 16.5. The normalized spacial score (nSPS) is 19.7. The average Bonchev–Trinajstić information content (AvgIpc) is 3.77. The van der Waals surface area contributed by atoms with Crippen LogP contribution in [0, 0.1) is 0 Å². The SMILES string of the molecule is CC(C)(c1ccc(OCc2ccnc(-n3ccnn3)n2)cc1)c1ccc(O[C@H]2C[C@H](Nc3ccc4c(c3)C(=O)N(C3CCC(=O)NC3=O)C4=O)C2)cc1. The van der Waals surface area contributed by atoms with E-state index in [9.17, 15) is 19.2 Å². The number of rotatable bonds is 11. The fourth-order valence-corrected chi connectivity index (χ4v) is 6.90. The van der Waals surface area contributed by atoms with E-state index in [1.807, 2.05) is 24.3 Å². The molecule has 3 aromatic carbocycles. The Morgan fingerprint density at radius 2 is 1.58 bits per heavy atom. The zero-order valence-electron chi connectivity index (χ0n) is 29.1. The van der Waals surface area contributed by atoms with Gasteiger partial charge in [0.1, 0.15) is 30.3 Å². The predicted molar refractivity (Wildman–Crippen MR) is 190 cm³/mol. The first-order valence-corrected chi connectivity index (χ1v) is 17.4. The van der Waals surface area contributed by atoms with Gasteiger partial charge in [0.15, 0.2) is 0 Å². The molecule has 0 radical (unpaired) electrons. The van der Waals surface area contributed by atoms with Crippen LogP contribution in [0.2, 0.25) is 0 Å². The lowest BCUT2D eigenvalue weighted by molar-refractivity contribution is -0.136. The molecule has 2 aliphatic heterocycles. The van der Waals surface area contributed by atoms with Crippen LogP contribution in [0.15, 0.2) is 91.4 Å². The van der Waals surface area contributed by atoms with Gasteiger partial charge in [-0.1, -0.05) is 43.3 Å². The van der Waals surface area contributed by atoms with Crippen LogP contribution >= 0.6 is 0 Å². The van der Waals surface area contributed by atoms with Crippen molar-refractivity contribution in [3.05, 3.63) is 119 Å². The molecule has 2 fully saturated rings. The van der Waals surface area contributed by atoms with E-state index in [1.54, 1.807) is 42.9 Å². The van der Waals surface area contributed by atoms with E-state index in [1.165, 1.54) is 4.68 Å². The molecule has 0 bridgehead atoms. The van der Waals surface area contributed by atoms with Crippen molar-refractivity contribution in [2.45, 2.75) is 69.7 Å². The lowest BCUT2D eigenvalue weighted by Gasteiger charge is -2.36. The Kier molecular flexibility index (Phi) is 8.64. The number of piperidine rings is 1. The van der Waals surface area contributed by atoms with E-state index in [2.05, 4.69) is 69.0 Å². The zero-order chi connectivity index (χ0) is 36.7. The Morgan fingerprint density at radius 1 is 0.868 bits per heavy atom. The molecule has 5 aromatic rings. The minimum atomic E-state index is -0.988. The van der Waals surface area contributed by atoms with Gasteiger partial charge in [0.25, 0.3) is 17.8 Å². The molecule has 4 amide bonds. The topological polar surface area (TPSA) is 171 Å². The molecule has 1 saturated carbocycles. The first kappa shape index (κ1) is 33.7. The molecule has 1 atom stereocenters. The van der Waals surface area contributed by atoms with Gasteiger partial charge in [0.2, 0.25) is 11.8 Å². The molecular weight excluding hydrogens is 676 g/mol. The second-order valence-corrected chi connectivity index (χ2v) is 13.9. The number of ether oxygens (including phenoxy) is 2. The van der Waals surface area contributed by atoms with Gasteiger partial charge in [-0.2, -0.15) is 4.68 Å². The molecule has 8 rings (SSSR count). The van der Waals surface area contributed by atoms with Crippen molar-refractivity contribution in [2.75, 3.05) is 5.32 Å². The molecule has 2 N–H and O–H groups in total. The maximum atomic E-state index is 13.2. The molecule has 268 valence electrons. The summed E-state index contributed by atoms with van der Waals surface area (Å²) in [6, 6.07) is 22.3. The highest BCUT2D eigenvalue weighted by molar-refractivity contribution is 6.23. The predicted octanol–water partition coefficient (Wildman–Crippen LogP) is 4.39. The number of amides is 4. The second-order valence-electron chi connectivity index (χ2n) is 13.9. The van der Waals surface area contributed by atoms with E-state index < -0.39 is 29.7 Å². The smallest absolute Gasteiger partial charge is 0.262 e. The van der Waals surface area contributed by atoms with Crippen LogP contribution in [-0.2, 0) is 21.6 Å². The third-order valence-corrected chi connectivity index (χ3v) is 10.1. The standard InChI is InChI=1S/C39H36N8O6/c1-39(2,23-3-8-28(9-4-23)52-22-26-15-16-40-38(43-26)46-18-17-41-45-46)24-5-10-29(11-6-24)53-30-19-27(20-30)42-25-7-12-31-32(21-25)37(51)47(36(31)50)33-13-14-34(48)44-35(33)49/h3-12,15-18,21,27,30,33,42H,13-14,19-20,22H2,1-2H3,(H,44,48,49)/t27-,30-,33?. The third-order valence-electron chi connectivity index (χ3n) is 10.1. The highest BCUT2D eigenvalue weighted by Gasteiger charge is 2.45. The van der Waals surface area contributed by atoms with Gasteiger partial charge in [-0.05, 0) is 66.1 Å². The molecule has 1 unspecified atom stereocenters. The second kappa shape index (κ2) is 13.6. The van der Waals surface area contributed by atoms with Gasteiger partial charge >= 0.3 is 0 Å². The van der Waals surface area contributed by atoms with Crippen molar-refractivity contribution in [1.29, 1.82) is 0 Å². The van der Waals surface area contributed by atoms with Gasteiger partial charge in [0.05, 0.1) is 29.2 Å². The fraction of sp³-hybridized carbons (Fsp3) is 0.282. The lowest BCUT2D eigenvalue weighted by atomic mass is 9.78. The van der Waals surface area contributed by atoms with Crippen molar-refractivity contribution in [2.24, 2.45) is 0 Å². The minimum Gasteiger partial charge on any atom is -0.490 e. The summed E-state index contributed by atoms with van der Waals surface area (Å²) in [6.07, 6.45) is 6.70. The number of hydrogen-bond acceptors (Lipinski definition) is 11. The largest absolute Gasteiger partial charge is 0.490 e. The minimum absolute atomic E-state index is 0.0380. The third kappa shape index (κ3) is 6.70. The van der Waals surface area contributed by atoms with E-state index in [0.717, 1.165) is 46.1 Å². The summed E-state index contributed by atoms with van der Waals surface area (Å²) in [5, 5.41) is 13.4. The number of carbonyl (C=O) groups excluding carboxylic acids is 4. The maximum absolute atomic E-state index is 13.2. The molecule has 1 saturated heterocycles. The van der Waals surface area contributed by atoms with Crippen molar-refractivity contribution in [3.63, 3.8) is 0 Å². The van der Waals surface area contributed by atoms with Gasteiger partial charge in [0, 0.05) is 42.6 Å². The highest BCUT2D eigenvalue weighted by Crippen LogP contribution is 2.36. The van der Waals surface area contributed by atoms with Gasteiger partial charge < -0.3 is 14.8 Å².